The topological polar surface area (TPSA) is 61.3 Å². The summed E-state index contributed by atoms with van der Waals surface area (Å²) in [6, 6.07) is -0.00782. The molecular formula is C8H20N2O. The van der Waals surface area contributed by atoms with Crippen LogP contribution in [0, 0.1) is 0 Å². The normalized spacial score (nSPS) is 16.4. The number of methoxy groups -OCH3 is 1. The van der Waals surface area contributed by atoms with Crippen molar-refractivity contribution in [2.45, 2.75) is 44.9 Å². The van der Waals surface area contributed by atoms with Crippen molar-refractivity contribution in [2.24, 2.45) is 11.5 Å². The highest BCUT2D eigenvalue weighted by atomic mass is 16.5. The van der Waals surface area contributed by atoms with Crippen LogP contribution in [0.15, 0.2) is 0 Å². The second-order valence-corrected chi connectivity index (χ2v) is 2.86. The Kier molecular flexibility index (Phi) is 6.51. The Labute approximate surface area is 69.1 Å². The largest absolute Gasteiger partial charge is 0.365 e. The summed E-state index contributed by atoms with van der Waals surface area (Å²) in [5, 5.41) is 0. The first-order chi connectivity index (χ1) is 5.22. The van der Waals surface area contributed by atoms with Crippen molar-refractivity contribution in [3.05, 3.63) is 0 Å². The zero-order valence-electron chi connectivity index (χ0n) is 7.55. The second kappa shape index (κ2) is 6.58. The number of rotatable bonds is 6. The first-order valence-corrected chi connectivity index (χ1v) is 4.26. The van der Waals surface area contributed by atoms with Crippen molar-refractivity contribution >= 4 is 0 Å². The molecule has 2 unspecified atom stereocenters. The molecule has 0 aromatic rings. The molecule has 0 amide bonds. The van der Waals surface area contributed by atoms with E-state index < -0.39 is 0 Å². The Hall–Kier alpha value is -0.120. The monoisotopic (exact) mass is 160 g/mol. The molecule has 3 heteroatoms. The van der Waals surface area contributed by atoms with E-state index in [-0.39, 0.29) is 12.3 Å². The van der Waals surface area contributed by atoms with E-state index in [0.29, 0.717) is 0 Å². The van der Waals surface area contributed by atoms with E-state index in [9.17, 15) is 0 Å². The van der Waals surface area contributed by atoms with Crippen LogP contribution < -0.4 is 11.5 Å². The van der Waals surface area contributed by atoms with Gasteiger partial charge in [-0.15, -0.1) is 0 Å². The Balaban J connectivity index is 3.28. The summed E-state index contributed by atoms with van der Waals surface area (Å²) < 4.78 is 4.90. The average Bonchev–Trinajstić information content (AvgIpc) is 2.03. The van der Waals surface area contributed by atoms with E-state index in [1.54, 1.807) is 7.11 Å². The van der Waals surface area contributed by atoms with Crippen molar-refractivity contribution in [3.8, 4) is 0 Å². The molecule has 3 nitrogen and oxygen atoms in total. The van der Waals surface area contributed by atoms with Crippen LogP contribution in [0.3, 0.4) is 0 Å². The van der Waals surface area contributed by atoms with Crippen LogP contribution in [0.25, 0.3) is 0 Å². The summed E-state index contributed by atoms with van der Waals surface area (Å²) in [6.45, 7) is 2.17. The van der Waals surface area contributed by atoms with Gasteiger partial charge in [-0.2, -0.15) is 0 Å². The SMILES string of the molecule is CCCCCC(N)C(N)OC. The Morgan fingerprint density at radius 3 is 2.36 bits per heavy atom. The van der Waals surface area contributed by atoms with E-state index >= 15 is 0 Å². The minimum Gasteiger partial charge on any atom is -0.365 e. The molecule has 0 bridgehead atoms. The van der Waals surface area contributed by atoms with Crippen LogP contribution in [0.4, 0.5) is 0 Å². The minimum absolute atomic E-state index is 0.00782. The highest BCUT2D eigenvalue weighted by Crippen LogP contribution is 2.03. The third-order valence-corrected chi connectivity index (χ3v) is 1.84. The van der Waals surface area contributed by atoms with Gasteiger partial charge in [-0.1, -0.05) is 26.2 Å². The molecule has 0 fully saturated rings. The zero-order chi connectivity index (χ0) is 8.69. The zero-order valence-corrected chi connectivity index (χ0v) is 7.55. The van der Waals surface area contributed by atoms with Gasteiger partial charge >= 0.3 is 0 Å². The first kappa shape index (κ1) is 10.9. The van der Waals surface area contributed by atoms with Gasteiger partial charge in [-0.25, -0.2) is 0 Å². The van der Waals surface area contributed by atoms with Gasteiger partial charge in [0.15, 0.2) is 0 Å². The van der Waals surface area contributed by atoms with Crippen LogP contribution in [-0.2, 0) is 4.74 Å². The molecule has 0 saturated carbocycles. The molecule has 0 aliphatic rings. The smallest absolute Gasteiger partial charge is 0.120 e. The fourth-order valence-electron chi connectivity index (χ4n) is 0.969. The molecular weight excluding hydrogens is 140 g/mol. The summed E-state index contributed by atoms with van der Waals surface area (Å²) in [4.78, 5) is 0. The first-order valence-electron chi connectivity index (χ1n) is 4.26. The molecule has 0 rings (SSSR count). The molecule has 2 atom stereocenters. The Morgan fingerprint density at radius 1 is 1.27 bits per heavy atom. The Morgan fingerprint density at radius 2 is 1.91 bits per heavy atom. The van der Waals surface area contributed by atoms with Gasteiger partial charge in [-0.3, -0.25) is 0 Å². The van der Waals surface area contributed by atoms with Gasteiger partial charge in [0.25, 0.3) is 0 Å². The predicted octanol–water partition coefficient (Wildman–Crippen LogP) is 0.825. The van der Waals surface area contributed by atoms with Gasteiger partial charge in [0.2, 0.25) is 0 Å². The maximum Gasteiger partial charge on any atom is 0.120 e. The molecule has 0 aromatic carbocycles. The van der Waals surface area contributed by atoms with Crippen molar-refractivity contribution in [1.29, 1.82) is 0 Å². The van der Waals surface area contributed by atoms with Crippen molar-refractivity contribution in [3.63, 3.8) is 0 Å². The molecule has 11 heavy (non-hydrogen) atoms. The van der Waals surface area contributed by atoms with Crippen LogP contribution in [0.1, 0.15) is 32.6 Å². The third-order valence-electron chi connectivity index (χ3n) is 1.84. The molecule has 0 aromatic heterocycles. The number of hydrogen-bond acceptors (Lipinski definition) is 3. The lowest BCUT2D eigenvalue weighted by atomic mass is 10.1. The number of ether oxygens (including phenoxy) is 1. The van der Waals surface area contributed by atoms with Crippen LogP contribution in [0.2, 0.25) is 0 Å². The van der Waals surface area contributed by atoms with E-state index in [2.05, 4.69) is 6.92 Å². The number of hydrogen-bond donors (Lipinski definition) is 2. The van der Waals surface area contributed by atoms with Gasteiger partial charge < -0.3 is 16.2 Å². The fraction of sp³-hybridized carbons (Fsp3) is 1.00. The van der Waals surface area contributed by atoms with E-state index in [1.807, 2.05) is 0 Å². The second-order valence-electron chi connectivity index (χ2n) is 2.86. The minimum atomic E-state index is -0.299. The highest BCUT2D eigenvalue weighted by Gasteiger charge is 2.10. The number of nitrogens with two attached hydrogens (primary N) is 2. The van der Waals surface area contributed by atoms with Crippen molar-refractivity contribution < 1.29 is 4.74 Å². The molecule has 4 N–H and O–H groups in total. The van der Waals surface area contributed by atoms with Crippen LogP contribution in [-0.4, -0.2) is 19.4 Å². The van der Waals surface area contributed by atoms with Crippen molar-refractivity contribution in [2.75, 3.05) is 7.11 Å². The molecule has 0 heterocycles. The van der Waals surface area contributed by atoms with Gasteiger partial charge in [0, 0.05) is 13.2 Å². The molecule has 0 radical (unpaired) electrons. The highest BCUT2D eigenvalue weighted by molar-refractivity contribution is 4.66. The summed E-state index contributed by atoms with van der Waals surface area (Å²) in [5.74, 6) is 0. The van der Waals surface area contributed by atoms with Gasteiger partial charge in [-0.05, 0) is 6.42 Å². The average molecular weight is 160 g/mol. The summed E-state index contributed by atoms with van der Waals surface area (Å²) >= 11 is 0. The lowest BCUT2D eigenvalue weighted by molar-refractivity contribution is 0.0824. The van der Waals surface area contributed by atoms with E-state index in [4.69, 9.17) is 16.2 Å². The lowest BCUT2D eigenvalue weighted by Crippen LogP contribution is -2.42. The maximum atomic E-state index is 5.72. The van der Waals surface area contributed by atoms with Crippen LogP contribution in [0.5, 0.6) is 0 Å². The lowest BCUT2D eigenvalue weighted by Gasteiger charge is -2.17. The van der Waals surface area contributed by atoms with Gasteiger partial charge in [0.05, 0.1) is 0 Å². The molecule has 0 spiro atoms. The van der Waals surface area contributed by atoms with E-state index in [1.165, 1.54) is 12.8 Å². The Bertz CT molecular complexity index is 88.2. The standard InChI is InChI=1S/C8H20N2O/c1-3-4-5-6-7(9)8(10)11-2/h7-8H,3-6,9-10H2,1-2H3. The predicted molar refractivity (Wildman–Crippen MR) is 47.1 cm³/mol. The fourth-order valence-corrected chi connectivity index (χ4v) is 0.969. The van der Waals surface area contributed by atoms with E-state index in [0.717, 1.165) is 12.8 Å². The quantitative estimate of drug-likeness (QED) is 0.447. The maximum absolute atomic E-state index is 5.72. The summed E-state index contributed by atoms with van der Waals surface area (Å²) in [5.41, 5.74) is 11.3. The van der Waals surface area contributed by atoms with Crippen molar-refractivity contribution in [1.82, 2.24) is 0 Å². The molecule has 68 valence electrons. The molecule has 0 aliphatic carbocycles. The molecule has 0 saturated heterocycles. The molecule has 0 aliphatic heterocycles. The number of unbranched alkanes of at least 4 members (excludes halogenated alkanes) is 2. The van der Waals surface area contributed by atoms with Gasteiger partial charge in [0.1, 0.15) is 6.23 Å². The summed E-state index contributed by atoms with van der Waals surface area (Å²) in [7, 11) is 1.59. The third kappa shape index (κ3) is 5.18. The summed E-state index contributed by atoms with van der Waals surface area (Å²) in [6.07, 6.45) is 4.25. The van der Waals surface area contributed by atoms with Crippen LogP contribution >= 0.6 is 0 Å².